The number of nitrogens with two attached hydrogens (primary N) is 1. The van der Waals surface area contributed by atoms with Crippen molar-refractivity contribution in [2.24, 2.45) is 10.7 Å². The molecule has 2 N–H and O–H groups in total. The van der Waals surface area contributed by atoms with E-state index in [0.29, 0.717) is 6.04 Å². The maximum atomic E-state index is 5.80. The molecule has 1 saturated heterocycles. The summed E-state index contributed by atoms with van der Waals surface area (Å²) >= 11 is 0. The quantitative estimate of drug-likeness (QED) is 0.654. The molecule has 0 amide bonds. The monoisotopic (exact) mass is 245 g/mol. The Morgan fingerprint density at radius 2 is 1.94 bits per heavy atom. The minimum absolute atomic E-state index is 0.442. The van der Waals surface area contributed by atoms with Crippen LogP contribution in [0.4, 0.5) is 0 Å². The Morgan fingerprint density at radius 1 is 1.28 bits per heavy atom. The molecule has 0 unspecified atom stereocenters. The van der Waals surface area contributed by atoms with Gasteiger partial charge < -0.3 is 5.73 Å². The van der Waals surface area contributed by atoms with Crippen molar-refractivity contribution in [1.82, 2.24) is 4.90 Å². The fourth-order valence-corrected chi connectivity index (χ4v) is 2.37. The number of rotatable bonds is 4. The molecule has 98 valence electrons. The summed E-state index contributed by atoms with van der Waals surface area (Å²) in [6.45, 7) is 5.37. The van der Waals surface area contributed by atoms with Gasteiger partial charge in [-0.2, -0.15) is 0 Å². The molecule has 18 heavy (non-hydrogen) atoms. The lowest BCUT2D eigenvalue weighted by atomic mass is 10.0. The van der Waals surface area contributed by atoms with E-state index in [1.165, 1.54) is 5.56 Å². The zero-order chi connectivity index (χ0) is 12.8. The fraction of sp³-hybridized carbons (Fsp3) is 0.533. The van der Waals surface area contributed by atoms with Crippen LogP contribution in [0.3, 0.4) is 0 Å². The molecular weight excluding hydrogens is 222 g/mol. The molecule has 1 fully saturated rings. The summed E-state index contributed by atoms with van der Waals surface area (Å²) in [7, 11) is 0. The molecule has 2 rings (SSSR count). The molecule has 1 aromatic rings. The Kier molecular flexibility index (Phi) is 4.76. The van der Waals surface area contributed by atoms with E-state index in [0.717, 1.165) is 44.7 Å². The summed E-state index contributed by atoms with van der Waals surface area (Å²) in [6, 6.07) is 11.1. The number of nitrogens with zero attached hydrogens (tertiary/aromatic N) is 2. The molecule has 0 saturated carbocycles. The van der Waals surface area contributed by atoms with Crippen LogP contribution in [-0.4, -0.2) is 29.9 Å². The topological polar surface area (TPSA) is 41.6 Å². The van der Waals surface area contributed by atoms with E-state index < -0.39 is 0 Å². The first-order valence-electron chi connectivity index (χ1n) is 6.86. The third-order valence-corrected chi connectivity index (χ3v) is 3.52. The second kappa shape index (κ2) is 6.55. The maximum absolute atomic E-state index is 5.80. The Morgan fingerprint density at radius 3 is 2.56 bits per heavy atom. The molecule has 0 bridgehead atoms. The van der Waals surface area contributed by atoms with E-state index >= 15 is 0 Å². The van der Waals surface area contributed by atoms with Crippen LogP contribution < -0.4 is 5.73 Å². The van der Waals surface area contributed by atoms with Crippen molar-refractivity contribution in [1.29, 1.82) is 0 Å². The van der Waals surface area contributed by atoms with Gasteiger partial charge in [-0.15, -0.1) is 0 Å². The third-order valence-electron chi connectivity index (χ3n) is 3.52. The Balaban J connectivity index is 1.80. The lowest BCUT2D eigenvalue weighted by molar-refractivity contribution is 0.206. The van der Waals surface area contributed by atoms with Crippen molar-refractivity contribution in [2.45, 2.75) is 38.8 Å². The molecule has 0 spiro atoms. The second-order valence-electron chi connectivity index (χ2n) is 4.97. The summed E-state index contributed by atoms with van der Waals surface area (Å²) in [5.74, 6) is 0.802. The standard InChI is InChI=1S/C15H23N3/c1-2-15(16)17-14-8-10-18(11-9-14)12-13-6-4-3-5-7-13/h3-7,14H,2,8-12H2,1H3,(H2,16,17). The van der Waals surface area contributed by atoms with Gasteiger partial charge >= 0.3 is 0 Å². The van der Waals surface area contributed by atoms with Gasteiger partial charge in [0.05, 0.1) is 11.9 Å². The second-order valence-corrected chi connectivity index (χ2v) is 4.97. The molecule has 0 radical (unpaired) electrons. The highest BCUT2D eigenvalue weighted by Crippen LogP contribution is 2.16. The first-order valence-corrected chi connectivity index (χ1v) is 6.86. The molecular formula is C15H23N3. The Bertz CT molecular complexity index is 378. The zero-order valence-electron chi connectivity index (χ0n) is 11.2. The van der Waals surface area contributed by atoms with Crippen LogP contribution in [0.2, 0.25) is 0 Å². The lowest BCUT2D eigenvalue weighted by Crippen LogP contribution is -2.35. The predicted molar refractivity (Wildman–Crippen MR) is 76.7 cm³/mol. The highest BCUT2D eigenvalue weighted by atomic mass is 15.1. The minimum atomic E-state index is 0.442. The fourth-order valence-electron chi connectivity index (χ4n) is 2.37. The van der Waals surface area contributed by atoms with Crippen molar-refractivity contribution in [3.8, 4) is 0 Å². The molecule has 1 aliphatic rings. The molecule has 1 aliphatic heterocycles. The van der Waals surface area contributed by atoms with Crippen LogP contribution in [0.1, 0.15) is 31.7 Å². The maximum Gasteiger partial charge on any atom is 0.0937 e. The van der Waals surface area contributed by atoms with Gasteiger partial charge in [0, 0.05) is 26.1 Å². The highest BCUT2D eigenvalue weighted by Gasteiger charge is 2.18. The minimum Gasteiger partial charge on any atom is -0.387 e. The SMILES string of the molecule is CCC(N)=NC1CCN(Cc2ccccc2)CC1. The van der Waals surface area contributed by atoms with Gasteiger partial charge in [-0.25, -0.2) is 0 Å². The average Bonchev–Trinajstić information content (AvgIpc) is 2.42. The van der Waals surface area contributed by atoms with E-state index in [9.17, 15) is 0 Å². The van der Waals surface area contributed by atoms with Gasteiger partial charge in [-0.3, -0.25) is 9.89 Å². The summed E-state index contributed by atoms with van der Waals surface area (Å²) in [5, 5.41) is 0. The normalized spacial score (nSPS) is 19.1. The molecule has 0 atom stereocenters. The molecule has 3 nitrogen and oxygen atoms in total. The first kappa shape index (κ1) is 13.1. The number of benzene rings is 1. The molecule has 3 heteroatoms. The van der Waals surface area contributed by atoms with Crippen LogP contribution in [0, 0.1) is 0 Å². The van der Waals surface area contributed by atoms with E-state index in [1.54, 1.807) is 0 Å². The summed E-state index contributed by atoms with van der Waals surface area (Å²) in [6.07, 6.45) is 3.13. The summed E-state index contributed by atoms with van der Waals surface area (Å²) < 4.78 is 0. The number of amidine groups is 1. The molecule has 1 heterocycles. The van der Waals surface area contributed by atoms with E-state index in [-0.39, 0.29) is 0 Å². The molecule has 0 aromatic heterocycles. The Labute approximate surface area is 110 Å². The van der Waals surface area contributed by atoms with Crippen LogP contribution in [0.5, 0.6) is 0 Å². The summed E-state index contributed by atoms with van der Waals surface area (Å²) in [4.78, 5) is 7.07. The van der Waals surface area contributed by atoms with Gasteiger partial charge in [0.25, 0.3) is 0 Å². The first-order chi connectivity index (χ1) is 8.78. The number of likely N-dealkylation sites (tertiary alicyclic amines) is 1. The van der Waals surface area contributed by atoms with Gasteiger partial charge in [-0.05, 0) is 18.4 Å². The van der Waals surface area contributed by atoms with Crippen LogP contribution in [0.25, 0.3) is 0 Å². The van der Waals surface area contributed by atoms with Crippen molar-refractivity contribution in [2.75, 3.05) is 13.1 Å². The van der Waals surface area contributed by atoms with Crippen LogP contribution >= 0.6 is 0 Å². The number of piperidine rings is 1. The van der Waals surface area contributed by atoms with Crippen molar-refractivity contribution in [3.63, 3.8) is 0 Å². The zero-order valence-corrected chi connectivity index (χ0v) is 11.2. The van der Waals surface area contributed by atoms with Crippen molar-refractivity contribution in [3.05, 3.63) is 35.9 Å². The van der Waals surface area contributed by atoms with Gasteiger partial charge in [0.15, 0.2) is 0 Å². The van der Waals surface area contributed by atoms with Gasteiger partial charge in [-0.1, -0.05) is 37.3 Å². The van der Waals surface area contributed by atoms with Gasteiger partial charge in [0.1, 0.15) is 0 Å². The Hall–Kier alpha value is -1.35. The number of hydrogen-bond donors (Lipinski definition) is 1. The lowest BCUT2D eigenvalue weighted by Gasteiger charge is -2.30. The van der Waals surface area contributed by atoms with Crippen LogP contribution in [0.15, 0.2) is 35.3 Å². The average molecular weight is 245 g/mol. The van der Waals surface area contributed by atoms with E-state index in [1.807, 2.05) is 0 Å². The summed E-state index contributed by atoms with van der Waals surface area (Å²) in [5.41, 5.74) is 7.19. The molecule has 1 aromatic carbocycles. The third kappa shape index (κ3) is 3.84. The number of hydrogen-bond acceptors (Lipinski definition) is 2. The smallest absolute Gasteiger partial charge is 0.0937 e. The van der Waals surface area contributed by atoms with Gasteiger partial charge in [0.2, 0.25) is 0 Å². The predicted octanol–water partition coefficient (Wildman–Crippen LogP) is 2.42. The van der Waals surface area contributed by atoms with E-state index in [4.69, 9.17) is 5.73 Å². The molecule has 0 aliphatic carbocycles. The van der Waals surface area contributed by atoms with E-state index in [2.05, 4.69) is 47.1 Å². The van der Waals surface area contributed by atoms with Crippen molar-refractivity contribution < 1.29 is 0 Å². The highest BCUT2D eigenvalue weighted by molar-refractivity contribution is 5.80. The number of aliphatic imine (C=N–C) groups is 1. The largest absolute Gasteiger partial charge is 0.387 e. The van der Waals surface area contributed by atoms with Crippen LogP contribution in [-0.2, 0) is 6.54 Å². The van der Waals surface area contributed by atoms with Crippen molar-refractivity contribution >= 4 is 5.84 Å².